The zero-order chi connectivity index (χ0) is 19.1. The molecule has 0 spiro atoms. The first-order chi connectivity index (χ1) is 13.7. The third-order valence-corrected chi connectivity index (χ3v) is 5.21. The summed E-state index contributed by atoms with van der Waals surface area (Å²) in [5.41, 5.74) is 5.13. The Kier molecular flexibility index (Phi) is 6.80. The van der Waals surface area contributed by atoms with Crippen LogP contribution in [0.1, 0.15) is 5.56 Å². The first-order valence-corrected chi connectivity index (χ1v) is 9.24. The van der Waals surface area contributed by atoms with Gasteiger partial charge in [-0.1, -0.05) is 48.9 Å². The second kappa shape index (κ2) is 9.16. The molecule has 1 heterocycles. The fraction of sp³-hybridized carbons (Fsp3) is 0.0800. The first kappa shape index (κ1) is 22.3. The third-order valence-electron chi connectivity index (χ3n) is 5.21. The topological polar surface area (TPSA) is 29.7 Å². The molecule has 0 bridgehead atoms. The molecule has 3 nitrogen and oxygen atoms in total. The summed E-state index contributed by atoms with van der Waals surface area (Å²) in [6, 6.07) is 28.3. The second-order valence-corrected chi connectivity index (χ2v) is 6.98. The van der Waals surface area contributed by atoms with Crippen LogP contribution in [0.3, 0.4) is 0 Å². The van der Waals surface area contributed by atoms with Crippen LogP contribution in [0.15, 0.2) is 73.2 Å². The van der Waals surface area contributed by atoms with Crippen molar-refractivity contribution in [2.75, 3.05) is 0 Å². The molecule has 1 aromatic heterocycles. The molecule has 0 aliphatic rings. The predicted octanol–water partition coefficient (Wildman–Crippen LogP) is 4.47. The number of nitrogens with zero attached hydrogens (tertiary/aromatic N) is 3. The van der Waals surface area contributed by atoms with Crippen LogP contribution in [0.2, 0.25) is 0 Å². The number of rotatable bonds is 2. The van der Waals surface area contributed by atoms with Gasteiger partial charge < -0.3 is 0 Å². The Bertz CT molecular complexity index is 1350. The van der Waals surface area contributed by atoms with Gasteiger partial charge in [0.15, 0.2) is 19.1 Å². The van der Waals surface area contributed by atoms with E-state index < -0.39 is 0 Å². The van der Waals surface area contributed by atoms with Crippen molar-refractivity contribution in [2.24, 2.45) is 7.05 Å². The van der Waals surface area contributed by atoms with E-state index in [-0.39, 0.29) is 41.1 Å². The molecule has 0 aliphatic carbocycles. The molecule has 30 heavy (non-hydrogen) atoms. The average Bonchev–Trinajstić information content (AvgIpc) is 2.74. The predicted molar refractivity (Wildman–Crippen MR) is 117 cm³/mol. The van der Waals surface area contributed by atoms with E-state index in [1.165, 1.54) is 21.5 Å². The summed E-state index contributed by atoms with van der Waals surface area (Å²) in [6.45, 7) is 2.08. The van der Waals surface area contributed by atoms with Crippen LogP contribution in [-0.2, 0) is 39.8 Å². The number of aromatic nitrogens is 3. The van der Waals surface area contributed by atoms with E-state index in [9.17, 15) is 0 Å². The molecule has 140 valence electrons. The standard InChI is InChI=1S/C25H18N3.B.Y/c1-17-7-8-20(13-23(17)25-15-26-16-27-28(25)2)21-12-11-19-10-9-18-5-3-4-6-22(18)24(19)14-21;;/h3-11,14-16H,1-2H3;;/q-1;;. The molecule has 0 fully saturated rings. The van der Waals surface area contributed by atoms with Crippen molar-refractivity contribution in [1.82, 2.24) is 10.1 Å². The molecule has 5 heteroatoms. The number of hydrogen-bond donors (Lipinski definition) is 0. The number of fused-ring (bicyclic) bond motifs is 3. The Morgan fingerprint density at radius 3 is 2.53 bits per heavy atom. The number of hydrogen-bond acceptors (Lipinski definition) is 2. The fourth-order valence-corrected chi connectivity index (χ4v) is 3.67. The monoisotopic (exact) mass is 460 g/mol. The Morgan fingerprint density at radius 2 is 1.70 bits per heavy atom. The van der Waals surface area contributed by atoms with Gasteiger partial charge in [-0.15, -0.1) is 33.2 Å². The Balaban J connectivity index is 0.00000128. The fourth-order valence-electron chi connectivity index (χ4n) is 3.67. The molecule has 0 amide bonds. The van der Waals surface area contributed by atoms with E-state index in [2.05, 4.69) is 89.8 Å². The van der Waals surface area contributed by atoms with Crippen LogP contribution in [0, 0.1) is 19.1 Å². The molecule has 0 N–H and O–H groups in total. The normalized spacial score (nSPS) is 10.5. The summed E-state index contributed by atoms with van der Waals surface area (Å²) in [6.07, 6.45) is 3.37. The van der Waals surface area contributed by atoms with Gasteiger partial charge in [0.05, 0.1) is 6.20 Å². The van der Waals surface area contributed by atoms with Gasteiger partial charge in [-0.3, -0.25) is 0 Å². The minimum absolute atomic E-state index is 0. The Hall–Kier alpha value is -2.42. The summed E-state index contributed by atoms with van der Waals surface area (Å²) in [7, 11) is 1.92. The van der Waals surface area contributed by atoms with Crippen molar-refractivity contribution in [2.45, 2.75) is 6.92 Å². The van der Waals surface area contributed by atoms with Crippen LogP contribution >= 0.6 is 0 Å². The molecule has 4 aromatic carbocycles. The maximum atomic E-state index is 4.25. The van der Waals surface area contributed by atoms with Crippen LogP contribution < -0.4 is 4.68 Å². The van der Waals surface area contributed by atoms with Crippen molar-refractivity contribution in [3.63, 3.8) is 0 Å². The van der Waals surface area contributed by atoms with Crippen molar-refractivity contribution >= 4 is 30.0 Å². The van der Waals surface area contributed by atoms with Gasteiger partial charge in [0, 0.05) is 46.2 Å². The minimum Gasteiger partial charge on any atom is -0.240 e. The summed E-state index contributed by atoms with van der Waals surface area (Å²) in [4.78, 5) is 4.18. The van der Waals surface area contributed by atoms with Crippen LogP contribution in [0.5, 0.6) is 0 Å². The molecule has 0 unspecified atom stereocenters. The summed E-state index contributed by atoms with van der Waals surface area (Å²) in [5, 5.41) is 9.18. The zero-order valence-electron chi connectivity index (χ0n) is 16.9. The van der Waals surface area contributed by atoms with Gasteiger partial charge in [0.2, 0.25) is 0 Å². The Morgan fingerprint density at radius 1 is 0.900 bits per heavy atom. The van der Waals surface area contributed by atoms with E-state index in [0.29, 0.717) is 0 Å². The maximum absolute atomic E-state index is 4.25. The van der Waals surface area contributed by atoms with E-state index in [1.807, 2.05) is 17.9 Å². The summed E-state index contributed by atoms with van der Waals surface area (Å²) < 4.78 is 1.83. The van der Waals surface area contributed by atoms with Gasteiger partial charge in [-0.05, 0) is 10.8 Å². The zero-order valence-corrected chi connectivity index (χ0v) is 19.8. The average molecular weight is 460 g/mol. The third kappa shape index (κ3) is 3.95. The van der Waals surface area contributed by atoms with E-state index >= 15 is 0 Å². The van der Waals surface area contributed by atoms with Crippen LogP contribution in [0.25, 0.3) is 43.9 Å². The molecule has 0 aliphatic heterocycles. The van der Waals surface area contributed by atoms with E-state index in [1.54, 1.807) is 6.33 Å². The minimum atomic E-state index is 0. The van der Waals surface area contributed by atoms with Crippen molar-refractivity contribution in [1.29, 1.82) is 0 Å². The molecular formula is C25H18BN3Y-. The molecular weight excluding hydrogens is 442 g/mol. The van der Waals surface area contributed by atoms with Gasteiger partial charge in [0.25, 0.3) is 0 Å². The summed E-state index contributed by atoms with van der Waals surface area (Å²) >= 11 is 0. The first-order valence-electron chi connectivity index (χ1n) is 9.24. The SMILES string of the molecule is Cc1ccc(-c2[c-]cc3ccc4ccccc4c3c2)[c-]c1-c1cncn[n+]1C.[B].[Y]. The van der Waals surface area contributed by atoms with Gasteiger partial charge in [-0.25, -0.2) is 10.5 Å². The quantitative estimate of drug-likeness (QED) is 0.169. The van der Waals surface area contributed by atoms with Gasteiger partial charge in [-0.2, -0.15) is 29.8 Å². The molecule has 4 radical (unpaired) electrons. The van der Waals surface area contributed by atoms with Gasteiger partial charge >= 0.3 is 0 Å². The van der Waals surface area contributed by atoms with Crippen molar-refractivity contribution < 1.29 is 37.4 Å². The Labute approximate surface area is 203 Å². The smallest absolute Gasteiger partial charge is 0.193 e. The van der Waals surface area contributed by atoms with Crippen LogP contribution in [-0.4, -0.2) is 18.5 Å². The summed E-state index contributed by atoms with van der Waals surface area (Å²) in [5.74, 6) is 0. The largest absolute Gasteiger partial charge is 0.240 e. The molecule has 0 saturated heterocycles. The molecule has 5 rings (SSSR count). The van der Waals surface area contributed by atoms with Crippen LogP contribution in [0.4, 0.5) is 0 Å². The van der Waals surface area contributed by atoms with Crippen molar-refractivity contribution in [3.05, 3.63) is 90.9 Å². The van der Waals surface area contributed by atoms with Crippen molar-refractivity contribution in [3.8, 4) is 22.4 Å². The number of benzene rings is 4. The molecule has 0 saturated carbocycles. The number of aryl methyl sites for hydroxylation is 2. The van der Waals surface area contributed by atoms with Gasteiger partial charge in [0.1, 0.15) is 0 Å². The van der Waals surface area contributed by atoms with E-state index in [4.69, 9.17) is 0 Å². The second-order valence-electron chi connectivity index (χ2n) is 6.98. The molecule has 5 aromatic rings. The molecule has 0 atom stereocenters. The maximum Gasteiger partial charge on any atom is 0.193 e. The van der Waals surface area contributed by atoms with E-state index in [0.717, 1.165) is 27.9 Å².